The van der Waals surface area contributed by atoms with Gasteiger partial charge < -0.3 is 9.72 Å². The lowest BCUT2D eigenvalue weighted by molar-refractivity contribution is -0.122. The number of hydrogen-bond donors (Lipinski definition) is 1. The average molecular weight is 425 g/mol. The Morgan fingerprint density at radius 2 is 1.69 bits per heavy atom. The third kappa shape index (κ3) is 2.82. The van der Waals surface area contributed by atoms with Crippen LogP contribution in [0, 0.1) is 5.92 Å². The van der Waals surface area contributed by atoms with Gasteiger partial charge in [0.2, 0.25) is 11.8 Å². The van der Waals surface area contributed by atoms with Crippen molar-refractivity contribution in [3.8, 4) is 5.75 Å². The molecular weight excluding hydrogens is 408 g/mol. The molecule has 0 aliphatic carbocycles. The van der Waals surface area contributed by atoms with Gasteiger partial charge in [0.15, 0.2) is 0 Å². The second-order valence-electron chi connectivity index (χ2n) is 6.87. The number of rotatable bonds is 3. The molecule has 2 amide bonds. The second kappa shape index (κ2) is 6.89. The number of anilines is 1. The molecule has 1 N–H and O–H groups in total. The van der Waals surface area contributed by atoms with Crippen molar-refractivity contribution in [1.29, 1.82) is 0 Å². The number of aromatic amines is 1. The quantitative estimate of drug-likeness (QED) is 0.653. The van der Waals surface area contributed by atoms with E-state index in [-0.39, 0.29) is 22.6 Å². The fourth-order valence-electron chi connectivity index (χ4n) is 4.02. The number of thiazole rings is 1. The highest BCUT2D eigenvalue weighted by Gasteiger charge is 2.56. The third-order valence-electron chi connectivity index (χ3n) is 5.31. The van der Waals surface area contributed by atoms with Crippen LogP contribution in [0.4, 0.5) is 5.69 Å². The van der Waals surface area contributed by atoms with E-state index in [0.717, 1.165) is 21.8 Å². The van der Waals surface area contributed by atoms with Crippen LogP contribution in [0.5, 0.6) is 5.75 Å². The normalized spacial score (nSPS) is 23.1. The molecule has 2 aliphatic rings. The monoisotopic (exact) mass is 424 g/mol. The van der Waals surface area contributed by atoms with Crippen molar-refractivity contribution in [3.63, 3.8) is 0 Å². The molecule has 0 spiro atoms. The van der Waals surface area contributed by atoms with Gasteiger partial charge in [-0.1, -0.05) is 53.4 Å². The molecule has 0 saturated carbocycles. The highest BCUT2D eigenvalue weighted by Crippen LogP contribution is 2.53. The van der Waals surface area contributed by atoms with Crippen LogP contribution < -0.4 is 14.5 Å². The van der Waals surface area contributed by atoms with Gasteiger partial charge in [-0.25, -0.2) is 4.90 Å². The van der Waals surface area contributed by atoms with Crippen LogP contribution in [-0.2, 0) is 9.59 Å². The topological polar surface area (TPSA) is 79.5 Å². The van der Waals surface area contributed by atoms with E-state index in [0.29, 0.717) is 16.5 Å². The minimum atomic E-state index is -0.576. The minimum absolute atomic E-state index is 0.180. The maximum Gasteiger partial charge on any atom is 0.305 e. The molecule has 5 rings (SSSR count). The Hall–Kier alpha value is -2.84. The van der Waals surface area contributed by atoms with Gasteiger partial charge in [0.25, 0.3) is 0 Å². The number of para-hydroxylation sites is 1. The second-order valence-corrected chi connectivity index (χ2v) is 9.04. The first-order valence-electron chi connectivity index (χ1n) is 9.05. The van der Waals surface area contributed by atoms with Gasteiger partial charge in [-0.3, -0.25) is 14.4 Å². The van der Waals surface area contributed by atoms with Gasteiger partial charge in [-0.15, -0.1) is 0 Å². The van der Waals surface area contributed by atoms with Crippen molar-refractivity contribution in [2.45, 2.75) is 16.2 Å². The number of nitrogens with zero attached hydrogens (tertiary/aromatic N) is 1. The number of hydrogen-bond acceptors (Lipinski definition) is 6. The lowest BCUT2D eigenvalue weighted by Crippen LogP contribution is -2.32. The van der Waals surface area contributed by atoms with E-state index in [1.807, 2.05) is 30.3 Å². The summed E-state index contributed by atoms with van der Waals surface area (Å²) in [6.45, 7) is 0. The van der Waals surface area contributed by atoms with Crippen LogP contribution in [0.2, 0.25) is 0 Å². The van der Waals surface area contributed by atoms with E-state index in [1.165, 1.54) is 16.7 Å². The molecule has 3 heterocycles. The Bertz CT molecular complexity index is 1150. The number of ether oxygens (including phenoxy) is 1. The predicted octanol–water partition coefficient (Wildman–Crippen LogP) is 3.24. The molecular formula is C21H16N2O4S2. The highest BCUT2D eigenvalue weighted by molar-refractivity contribution is 8.00. The molecule has 3 atom stereocenters. The summed E-state index contributed by atoms with van der Waals surface area (Å²) in [6, 6.07) is 16.4. The summed E-state index contributed by atoms with van der Waals surface area (Å²) in [7, 11) is 1.59. The van der Waals surface area contributed by atoms with E-state index in [9.17, 15) is 14.4 Å². The minimum Gasteiger partial charge on any atom is -0.497 e. The Kier molecular flexibility index (Phi) is 4.33. The Morgan fingerprint density at radius 1 is 0.966 bits per heavy atom. The number of nitrogens with one attached hydrogen (secondary N) is 1. The molecule has 2 aromatic carbocycles. The van der Waals surface area contributed by atoms with Crippen molar-refractivity contribution in [2.24, 2.45) is 5.92 Å². The first-order chi connectivity index (χ1) is 14.1. The summed E-state index contributed by atoms with van der Waals surface area (Å²) < 4.78 is 5.24. The molecule has 1 aromatic heterocycles. The van der Waals surface area contributed by atoms with Gasteiger partial charge in [-0.2, -0.15) is 0 Å². The fraction of sp³-hybridized carbons (Fsp3) is 0.190. The van der Waals surface area contributed by atoms with Crippen LogP contribution in [0.3, 0.4) is 0 Å². The molecule has 0 radical (unpaired) electrons. The molecule has 2 aliphatic heterocycles. The predicted molar refractivity (Wildman–Crippen MR) is 112 cm³/mol. The van der Waals surface area contributed by atoms with E-state index in [4.69, 9.17) is 4.74 Å². The number of imide groups is 1. The van der Waals surface area contributed by atoms with E-state index in [2.05, 4.69) is 4.98 Å². The van der Waals surface area contributed by atoms with E-state index >= 15 is 0 Å². The van der Waals surface area contributed by atoms with Gasteiger partial charge in [0, 0.05) is 10.8 Å². The first kappa shape index (κ1) is 18.2. The maximum absolute atomic E-state index is 13.5. The number of carbonyl (C=O) groups excluding carboxylic acids is 2. The number of fused-ring (bicyclic) bond motifs is 2. The van der Waals surface area contributed by atoms with Crippen molar-refractivity contribution in [3.05, 3.63) is 74.7 Å². The number of thioether (sulfide) groups is 1. The van der Waals surface area contributed by atoms with Crippen LogP contribution in [-0.4, -0.2) is 29.2 Å². The molecule has 8 heteroatoms. The molecule has 3 aromatic rings. The molecule has 29 heavy (non-hydrogen) atoms. The maximum atomic E-state index is 13.5. The lowest BCUT2D eigenvalue weighted by atomic mass is 9.83. The van der Waals surface area contributed by atoms with Gasteiger partial charge in [0.05, 0.1) is 23.7 Å². The number of benzene rings is 2. The number of carbonyl (C=O) groups is 2. The Balaban J connectivity index is 1.64. The summed E-state index contributed by atoms with van der Waals surface area (Å²) >= 11 is 2.39. The standard InChI is InChI=1S/C21H16N2O4S2/c1-27-13-9-7-11(8-10-13)14-15-17(28-18-16(14)29-21(26)22-18)20(25)23(19(15)24)12-5-3-2-4-6-12/h2-10,14-15,17H,1H3,(H,22,26)/t14-,15+,17+/m0/s1. The van der Waals surface area contributed by atoms with Crippen LogP contribution in [0.1, 0.15) is 16.4 Å². The van der Waals surface area contributed by atoms with Crippen LogP contribution in [0.25, 0.3) is 0 Å². The van der Waals surface area contributed by atoms with Crippen LogP contribution in [0.15, 0.2) is 64.4 Å². The largest absolute Gasteiger partial charge is 0.497 e. The zero-order valence-electron chi connectivity index (χ0n) is 15.3. The fourth-order valence-corrected chi connectivity index (χ4v) is 6.53. The molecule has 0 bridgehead atoms. The zero-order valence-corrected chi connectivity index (χ0v) is 17.0. The number of methoxy groups -OCH3 is 1. The summed E-state index contributed by atoms with van der Waals surface area (Å²) in [4.78, 5) is 43.5. The number of H-pyrrole nitrogens is 1. The van der Waals surface area contributed by atoms with Crippen molar-refractivity contribution in [2.75, 3.05) is 12.0 Å². The zero-order chi connectivity index (χ0) is 20.1. The molecule has 6 nitrogen and oxygen atoms in total. The SMILES string of the molecule is COc1ccc([C@@H]2c3sc(=O)[nH]c3S[C@H]3C(=O)N(c4ccccc4)C(=O)[C@H]23)cc1. The van der Waals surface area contributed by atoms with E-state index in [1.54, 1.807) is 31.4 Å². The van der Waals surface area contributed by atoms with Gasteiger partial charge in [-0.05, 0) is 29.8 Å². The van der Waals surface area contributed by atoms with Crippen molar-refractivity contribution < 1.29 is 14.3 Å². The highest BCUT2D eigenvalue weighted by atomic mass is 32.2. The summed E-state index contributed by atoms with van der Waals surface area (Å²) in [5.41, 5.74) is 1.46. The summed E-state index contributed by atoms with van der Waals surface area (Å²) in [6.07, 6.45) is 0. The molecule has 1 saturated heterocycles. The third-order valence-corrected chi connectivity index (χ3v) is 7.71. The molecule has 1 fully saturated rings. The van der Waals surface area contributed by atoms with Gasteiger partial charge >= 0.3 is 4.87 Å². The number of aromatic nitrogens is 1. The van der Waals surface area contributed by atoms with Gasteiger partial charge in [0.1, 0.15) is 11.0 Å². The number of amides is 2. The molecule has 0 unspecified atom stereocenters. The van der Waals surface area contributed by atoms with Crippen LogP contribution >= 0.6 is 23.1 Å². The smallest absolute Gasteiger partial charge is 0.305 e. The van der Waals surface area contributed by atoms with Crippen molar-refractivity contribution >= 4 is 40.6 Å². The Morgan fingerprint density at radius 3 is 2.38 bits per heavy atom. The average Bonchev–Trinajstić information content (AvgIpc) is 3.23. The van der Waals surface area contributed by atoms with Crippen molar-refractivity contribution in [1.82, 2.24) is 4.98 Å². The summed E-state index contributed by atoms with van der Waals surface area (Å²) in [5, 5.41) is 0.102. The van der Waals surface area contributed by atoms with E-state index < -0.39 is 11.2 Å². The molecule has 146 valence electrons. The first-order valence-corrected chi connectivity index (χ1v) is 10.7. The lowest BCUT2D eigenvalue weighted by Gasteiger charge is -2.29. The Labute approximate surface area is 174 Å². The summed E-state index contributed by atoms with van der Waals surface area (Å²) in [5.74, 6) is -0.701.